The van der Waals surface area contributed by atoms with Gasteiger partial charge in [-0.05, 0) is 67.6 Å². The van der Waals surface area contributed by atoms with Crippen LogP contribution in [-0.2, 0) is 9.59 Å². The number of halogens is 1. The van der Waals surface area contributed by atoms with Gasteiger partial charge in [0.25, 0.3) is 5.91 Å². The zero-order valence-electron chi connectivity index (χ0n) is 20.7. The zero-order chi connectivity index (χ0) is 26.3. The Hall–Kier alpha value is -3.36. The smallest absolute Gasteiger partial charge is 0.261 e. The molecule has 0 aliphatic rings. The van der Waals surface area contributed by atoms with Crippen LogP contribution in [0.5, 0.6) is 5.75 Å². The normalized spacial score (nSPS) is 11.9. The van der Waals surface area contributed by atoms with Crippen LogP contribution in [0.1, 0.15) is 48.5 Å². The Balaban J connectivity index is 2.06. The highest BCUT2D eigenvalue weighted by molar-refractivity contribution is 7.12. The van der Waals surface area contributed by atoms with Crippen molar-refractivity contribution in [2.45, 2.75) is 38.8 Å². The third-order valence-corrected chi connectivity index (χ3v) is 6.87. The fourth-order valence-electron chi connectivity index (χ4n) is 3.52. The molecule has 2 N–H and O–H groups in total. The predicted molar refractivity (Wildman–Crippen MR) is 144 cm³/mol. The van der Waals surface area contributed by atoms with E-state index in [1.165, 1.54) is 23.3 Å². The Morgan fingerprint density at radius 1 is 1.08 bits per heavy atom. The van der Waals surface area contributed by atoms with Gasteiger partial charge in [0.1, 0.15) is 11.8 Å². The molecule has 3 rings (SSSR count). The molecule has 0 bridgehead atoms. The van der Waals surface area contributed by atoms with Crippen molar-refractivity contribution in [3.8, 4) is 5.75 Å². The molecule has 3 amide bonds. The van der Waals surface area contributed by atoms with E-state index in [1.54, 1.807) is 66.0 Å². The Labute approximate surface area is 220 Å². The Bertz CT molecular complexity index is 1210. The van der Waals surface area contributed by atoms with Gasteiger partial charge in [-0.3, -0.25) is 19.3 Å². The molecule has 1 heterocycles. The minimum Gasteiger partial charge on any atom is -0.497 e. The first-order chi connectivity index (χ1) is 17.1. The van der Waals surface area contributed by atoms with Crippen molar-refractivity contribution in [2.24, 2.45) is 0 Å². The Morgan fingerprint density at radius 3 is 2.47 bits per heavy atom. The molecule has 1 aromatic heterocycles. The summed E-state index contributed by atoms with van der Waals surface area (Å²) in [6, 6.07) is 16.1. The molecule has 0 spiro atoms. The molecule has 0 radical (unpaired) electrons. The van der Waals surface area contributed by atoms with E-state index in [9.17, 15) is 14.4 Å². The molecule has 1 unspecified atom stereocenters. The monoisotopic (exact) mass is 527 g/mol. The zero-order valence-corrected chi connectivity index (χ0v) is 22.3. The summed E-state index contributed by atoms with van der Waals surface area (Å²) in [5.41, 5.74) is 0.469. The first kappa shape index (κ1) is 27.2. The van der Waals surface area contributed by atoms with Gasteiger partial charge in [0.05, 0.1) is 18.5 Å². The van der Waals surface area contributed by atoms with Crippen LogP contribution in [0.25, 0.3) is 0 Å². The number of nitrogens with zero attached hydrogens (tertiary/aromatic N) is 1. The highest BCUT2D eigenvalue weighted by Crippen LogP contribution is 2.32. The second kappa shape index (κ2) is 12.1. The molecule has 2 aromatic carbocycles. The molecule has 0 saturated carbocycles. The van der Waals surface area contributed by atoms with Crippen LogP contribution in [0, 0.1) is 0 Å². The molecular formula is C27H30ClN3O4S. The van der Waals surface area contributed by atoms with E-state index in [0.29, 0.717) is 33.3 Å². The summed E-state index contributed by atoms with van der Waals surface area (Å²) >= 11 is 7.55. The summed E-state index contributed by atoms with van der Waals surface area (Å²) in [6.45, 7) is 5.50. The molecule has 3 aromatic rings. The van der Waals surface area contributed by atoms with E-state index in [-0.39, 0.29) is 18.4 Å². The van der Waals surface area contributed by atoms with Crippen molar-refractivity contribution in [3.05, 3.63) is 81.5 Å². The molecule has 0 saturated heterocycles. The molecule has 0 aliphatic heterocycles. The summed E-state index contributed by atoms with van der Waals surface area (Å²) in [6.07, 6.45) is 0.686. The van der Waals surface area contributed by atoms with E-state index < -0.39 is 17.5 Å². The fraction of sp³-hybridized carbons (Fsp3) is 0.296. The number of ether oxygens (including phenoxy) is 1. The summed E-state index contributed by atoms with van der Waals surface area (Å²) in [7, 11) is 1.54. The maximum atomic E-state index is 13.8. The number of methoxy groups -OCH3 is 1. The van der Waals surface area contributed by atoms with Crippen LogP contribution >= 0.6 is 22.9 Å². The molecule has 0 fully saturated rings. The Kier molecular flexibility index (Phi) is 9.12. The molecule has 7 nitrogen and oxygen atoms in total. The van der Waals surface area contributed by atoms with E-state index in [1.807, 2.05) is 20.8 Å². The first-order valence-electron chi connectivity index (χ1n) is 11.5. The van der Waals surface area contributed by atoms with Gasteiger partial charge in [-0.15, -0.1) is 11.3 Å². The second-order valence-electron chi connectivity index (χ2n) is 8.81. The number of rotatable bonds is 10. The van der Waals surface area contributed by atoms with Crippen molar-refractivity contribution in [2.75, 3.05) is 18.6 Å². The predicted octanol–water partition coefficient (Wildman–Crippen LogP) is 5.22. The summed E-state index contributed by atoms with van der Waals surface area (Å²) < 4.78 is 5.38. The van der Waals surface area contributed by atoms with Crippen LogP contribution in [0.2, 0.25) is 5.02 Å². The minimum atomic E-state index is -1.05. The number of carbonyl (C=O) groups is 3. The standard InChI is InChI=1S/C27H30ClN3O4S/c1-5-27(2,3)30-26(34)24(18-9-6-12-21(15-18)35-4)31(20-11-7-10-19(28)16-20)23(32)17-29-25(33)22-13-8-14-36-22/h6-16,24H,5,17H2,1-4H3,(H,29,33)(H,30,34). The SMILES string of the molecule is CCC(C)(C)NC(=O)C(c1cccc(OC)c1)N(C(=O)CNC(=O)c1cccs1)c1cccc(Cl)c1. The van der Waals surface area contributed by atoms with E-state index in [2.05, 4.69) is 10.6 Å². The van der Waals surface area contributed by atoms with Gasteiger partial charge in [-0.25, -0.2) is 0 Å². The number of hydrogen-bond acceptors (Lipinski definition) is 5. The van der Waals surface area contributed by atoms with Gasteiger partial charge in [-0.1, -0.05) is 42.8 Å². The van der Waals surface area contributed by atoms with Crippen molar-refractivity contribution in [3.63, 3.8) is 0 Å². The van der Waals surface area contributed by atoms with Crippen molar-refractivity contribution in [1.29, 1.82) is 0 Å². The molecule has 9 heteroatoms. The number of anilines is 1. The minimum absolute atomic E-state index is 0.311. The van der Waals surface area contributed by atoms with Gasteiger partial charge in [0, 0.05) is 16.2 Å². The van der Waals surface area contributed by atoms with Crippen LogP contribution in [0.3, 0.4) is 0 Å². The molecular weight excluding hydrogens is 498 g/mol. The third kappa shape index (κ3) is 6.86. The van der Waals surface area contributed by atoms with Crippen molar-refractivity contribution in [1.82, 2.24) is 10.6 Å². The maximum absolute atomic E-state index is 13.8. The average Bonchev–Trinajstić information content (AvgIpc) is 3.40. The van der Waals surface area contributed by atoms with Crippen LogP contribution < -0.4 is 20.3 Å². The number of thiophene rings is 1. The van der Waals surface area contributed by atoms with Crippen LogP contribution in [-0.4, -0.2) is 36.9 Å². The van der Waals surface area contributed by atoms with E-state index in [4.69, 9.17) is 16.3 Å². The van der Waals surface area contributed by atoms with Gasteiger partial charge < -0.3 is 15.4 Å². The van der Waals surface area contributed by atoms with Gasteiger partial charge in [0.15, 0.2) is 0 Å². The van der Waals surface area contributed by atoms with Gasteiger partial charge >= 0.3 is 0 Å². The first-order valence-corrected chi connectivity index (χ1v) is 12.8. The van der Waals surface area contributed by atoms with E-state index in [0.717, 1.165) is 0 Å². The molecule has 1 atom stereocenters. The van der Waals surface area contributed by atoms with Crippen molar-refractivity contribution >= 4 is 46.3 Å². The Morgan fingerprint density at radius 2 is 1.83 bits per heavy atom. The average molecular weight is 528 g/mol. The number of nitrogens with one attached hydrogen (secondary N) is 2. The van der Waals surface area contributed by atoms with Gasteiger partial charge in [-0.2, -0.15) is 0 Å². The highest BCUT2D eigenvalue weighted by Gasteiger charge is 2.35. The van der Waals surface area contributed by atoms with Crippen LogP contribution in [0.4, 0.5) is 5.69 Å². The highest BCUT2D eigenvalue weighted by atomic mass is 35.5. The lowest BCUT2D eigenvalue weighted by atomic mass is 9.98. The number of benzene rings is 2. The molecule has 36 heavy (non-hydrogen) atoms. The van der Waals surface area contributed by atoms with Gasteiger partial charge in [0.2, 0.25) is 11.8 Å². The fourth-order valence-corrected chi connectivity index (χ4v) is 4.34. The quantitative estimate of drug-likeness (QED) is 0.378. The number of amides is 3. The summed E-state index contributed by atoms with van der Waals surface area (Å²) in [5.74, 6) is -0.657. The topological polar surface area (TPSA) is 87.7 Å². The third-order valence-electron chi connectivity index (χ3n) is 5.76. The summed E-state index contributed by atoms with van der Waals surface area (Å²) in [4.78, 5) is 41.9. The maximum Gasteiger partial charge on any atom is 0.261 e. The number of carbonyl (C=O) groups excluding carboxylic acids is 3. The lowest BCUT2D eigenvalue weighted by Crippen LogP contribution is -2.52. The molecule has 190 valence electrons. The lowest BCUT2D eigenvalue weighted by molar-refractivity contribution is -0.127. The number of hydrogen-bond donors (Lipinski definition) is 2. The van der Waals surface area contributed by atoms with E-state index >= 15 is 0 Å². The lowest BCUT2D eigenvalue weighted by Gasteiger charge is -2.35. The second-order valence-corrected chi connectivity index (χ2v) is 10.2. The molecule has 0 aliphatic carbocycles. The van der Waals surface area contributed by atoms with Crippen molar-refractivity contribution < 1.29 is 19.1 Å². The largest absolute Gasteiger partial charge is 0.497 e. The summed E-state index contributed by atoms with van der Waals surface area (Å²) in [5, 5.41) is 7.92. The van der Waals surface area contributed by atoms with Crippen LogP contribution in [0.15, 0.2) is 66.0 Å².